The van der Waals surface area contributed by atoms with Crippen molar-refractivity contribution in [1.82, 2.24) is 14.9 Å². The van der Waals surface area contributed by atoms with E-state index in [0.717, 1.165) is 30.0 Å². The second-order valence-electron chi connectivity index (χ2n) is 8.87. The average Bonchev–Trinajstić information content (AvgIpc) is 2.89. The maximum atomic E-state index is 13.8. The molecule has 0 aliphatic carbocycles. The molecule has 2 saturated heterocycles. The Labute approximate surface area is 200 Å². The molecule has 34 heavy (non-hydrogen) atoms. The maximum absolute atomic E-state index is 13.8. The number of hydrogen-bond acceptors (Lipinski definition) is 6. The Balaban J connectivity index is 1.29. The predicted molar refractivity (Wildman–Crippen MR) is 130 cm³/mol. The van der Waals surface area contributed by atoms with Gasteiger partial charge >= 0.3 is 0 Å². The summed E-state index contributed by atoms with van der Waals surface area (Å²) in [4.78, 5) is 27.1. The van der Waals surface area contributed by atoms with Gasteiger partial charge in [-0.15, -0.1) is 0 Å². The van der Waals surface area contributed by atoms with Crippen molar-refractivity contribution in [1.29, 1.82) is 0 Å². The zero-order valence-electron chi connectivity index (χ0n) is 19.5. The minimum atomic E-state index is -0.496. The van der Waals surface area contributed by atoms with Crippen LogP contribution in [0.25, 0.3) is 0 Å². The zero-order chi connectivity index (χ0) is 23.4. The van der Waals surface area contributed by atoms with E-state index in [1.54, 1.807) is 0 Å². The standard InChI is InChI=1S/C27H30N4O3/c1-21-28-24(20-25(29-21)34-23-10-6-3-7-11-23)30-14-16-31(17-15-30)26(32)27(12-18-33-19-13-27)22-8-4-2-5-9-22/h2-11,20H,12-19H2,1H3. The number of rotatable bonds is 5. The van der Waals surface area contributed by atoms with E-state index >= 15 is 0 Å². The SMILES string of the molecule is Cc1nc(Oc2ccccc2)cc(N2CCN(C(=O)C3(c4ccccc4)CCOCC3)CC2)n1. The van der Waals surface area contributed by atoms with Gasteiger partial charge in [0.05, 0.1) is 5.41 Å². The number of carbonyl (C=O) groups excluding carboxylic acids is 1. The molecule has 7 heteroatoms. The van der Waals surface area contributed by atoms with E-state index in [1.807, 2.05) is 66.4 Å². The number of amides is 1. The van der Waals surface area contributed by atoms with E-state index in [4.69, 9.17) is 9.47 Å². The van der Waals surface area contributed by atoms with E-state index < -0.39 is 5.41 Å². The van der Waals surface area contributed by atoms with Crippen molar-refractivity contribution in [3.8, 4) is 11.6 Å². The Kier molecular flexibility index (Phi) is 6.45. The normalized spacial score (nSPS) is 17.9. The fourth-order valence-corrected chi connectivity index (χ4v) is 4.89. The number of aryl methyl sites for hydroxylation is 1. The third-order valence-corrected chi connectivity index (χ3v) is 6.74. The summed E-state index contributed by atoms with van der Waals surface area (Å²) in [6, 6.07) is 21.7. The third-order valence-electron chi connectivity index (χ3n) is 6.74. The molecule has 0 radical (unpaired) electrons. The minimum absolute atomic E-state index is 0.216. The molecular formula is C27H30N4O3. The quantitative estimate of drug-likeness (QED) is 0.576. The van der Waals surface area contributed by atoms with Gasteiger partial charge in [-0.05, 0) is 37.5 Å². The van der Waals surface area contributed by atoms with Crippen molar-refractivity contribution in [2.24, 2.45) is 0 Å². The lowest BCUT2D eigenvalue weighted by Crippen LogP contribution is -2.56. The zero-order valence-corrected chi connectivity index (χ0v) is 19.5. The topological polar surface area (TPSA) is 67.8 Å². The van der Waals surface area contributed by atoms with Gasteiger partial charge in [0.1, 0.15) is 17.4 Å². The fraction of sp³-hybridized carbons (Fsp3) is 0.370. The molecule has 5 rings (SSSR count). The van der Waals surface area contributed by atoms with Gasteiger partial charge in [0.25, 0.3) is 0 Å². The van der Waals surface area contributed by atoms with E-state index in [-0.39, 0.29) is 5.91 Å². The summed E-state index contributed by atoms with van der Waals surface area (Å²) in [7, 11) is 0. The van der Waals surface area contributed by atoms with Crippen LogP contribution < -0.4 is 9.64 Å². The molecule has 0 spiro atoms. The number of benzene rings is 2. The number of nitrogens with zero attached hydrogens (tertiary/aromatic N) is 4. The van der Waals surface area contributed by atoms with E-state index in [1.165, 1.54) is 0 Å². The number of aromatic nitrogens is 2. The number of anilines is 1. The maximum Gasteiger partial charge on any atom is 0.233 e. The van der Waals surface area contributed by atoms with Crippen LogP contribution in [0.3, 0.4) is 0 Å². The van der Waals surface area contributed by atoms with E-state index in [2.05, 4.69) is 27.0 Å². The van der Waals surface area contributed by atoms with Crippen LogP contribution in [0.1, 0.15) is 24.2 Å². The molecule has 0 bridgehead atoms. The Hall–Kier alpha value is -3.45. The highest BCUT2D eigenvalue weighted by Crippen LogP contribution is 2.37. The second kappa shape index (κ2) is 9.81. The van der Waals surface area contributed by atoms with Gasteiger partial charge in [-0.3, -0.25) is 4.79 Å². The van der Waals surface area contributed by atoms with Gasteiger partial charge in [-0.2, -0.15) is 4.98 Å². The van der Waals surface area contributed by atoms with Crippen molar-refractivity contribution in [3.63, 3.8) is 0 Å². The molecule has 2 aliphatic rings. The number of carbonyl (C=O) groups is 1. The summed E-state index contributed by atoms with van der Waals surface area (Å²) in [5, 5.41) is 0. The van der Waals surface area contributed by atoms with Crippen LogP contribution >= 0.6 is 0 Å². The summed E-state index contributed by atoms with van der Waals surface area (Å²) in [5.74, 6) is 2.97. The first-order valence-electron chi connectivity index (χ1n) is 11.9. The van der Waals surface area contributed by atoms with Crippen LogP contribution in [0.5, 0.6) is 11.6 Å². The van der Waals surface area contributed by atoms with Gasteiger partial charge < -0.3 is 19.3 Å². The molecule has 2 aliphatic heterocycles. The van der Waals surface area contributed by atoms with Crippen molar-refractivity contribution in [2.45, 2.75) is 25.2 Å². The summed E-state index contributed by atoms with van der Waals surface area (Å²) in [6.45, 7) is 5.85. The molecule has 2 fully saturated rings. The molecule has 1 amide bonds. The molecular weight excluding hydrogens is 428 g/mol. The summed E-state index contributed by atoms with van der Waals surface area (Å²) in [6.07, 6.45) is 1.45. The molecule has 1 aromatic heterocycles. The van der Waals surface area contributed by atoms with Gasteiger partial charge in [0, 0.05) is 45.5 Å². The van der Waals surface area contributed by atoms with Crippen LogP contribution in [-0.4, -0.2) is 60.2 Å². The Morgan fingerprint density at radius 2 is 1.56 bits per heavy atom. The average molecular weight is 459 g/mol. The van der Waals surface area contributed by atoms with Crippen molar-refractivity contribution < 1.29 is 14.3 Å². The highest BCUT2D eigenvalue weighted by molar-refractivity contribution is 5.88. The third kappa shape index (κ3) is 4.61. The number of ether oxygens (including phenoxy) is 2. The Morgan fingerprint density at radius 1 is 0.912 bits per heavy atom. The van der Waals surface area contributed by atoms with Gasteiger partial charge in [-0.25, -0.2) is 4.98 Å². The summed E-state index contributed by atoms with van der Waals surface area (Å²) >= 11 is 0. The lowest BCUT2D eigenvalue weighted by atomic mass is 9.73. The van der Waals surface area contributed by atoms with Gasteiger partial charge in [-0.1, -0.05) is 48.5 Å². The second-order valence-corrected chi connectivity index (χ2v) is 8.87. The van der Waals surface area contributed by atoms with Crippen LogP contribution in [-0.2, 0) is 14.9 Å². The molecule has 0 unspecified atom stereocenters. The predicted octanol–water partition coefficient (Wildman–Crippen LogP) is 3.97. The minimum Gasteiger partial charge on any atom is -0.439 e. The molecule has 3 aromatic rings. The molecule has 0 saturated carbocycles. The highest BCUT2D eigenvalue weighted by atomic mass is 16.5. The molecule has 0 atom stereocenters. The van der Waals surface area contributed by atoms with Crippen LogP contribution in [0.4, 0.5) is 5.82 Å². The Morgan fingerprint density at radius 3 is 2.24 bits per heavy atom. The fourth-order valence-electron chi connectivity index (χ4n) is 4.89. The number of piperazine rings is 1. The van der Waals surface area contributed by atoms with Crippen molar-refractivity contribution in [3.05, 3.63) is 78.1 Å². The molecule has 3 heterocycles. The first-order valence-corrected chi connectivity index (χ1v) is 11.9. The van der Waals surface area contributed by atoms with Crippen LogP contribution in [0, 0.1) is 6.92 Å². The van der Waals surface area contributed by atoms with E-state index in [9.17, 15) is 4.79 Å². The summed E-state index contributed by atoms with van der Waals surface area (Å²) < 4.78 is 11.6. The van der Waals surface area contributed by atoms with Crippen LogP contribution in [0.2, 0.25) is 0 Å². The smallest absolute Gasteiger partial charge is 0.233 e. The molecule has 7 nitrogen and oxygen atoms in total. The van der Waals surface area contributed by atoms with Crippen molar-refractivity contribution >= 4 is 11.7 Å². The number of para-hydroxylation sites is 1. The largest absolute Gasteiger partial charge is 0.439 e. The highest BCUT2D eigenvalue weighted by Gasteiger charge is 2.44. The molecule has 2 aromatic carbocycles. The van der Waals surface area contributed by atoms with Gasteiger partial charge in [0.15, 0.2) is 0 Å². The first kappa shape index (κ1) is 22.3. The van der Waals surface area contributed by atoms with Crippen LogP contribution in [0.15, 0.2) is 66.7 Å². The van der Waals surface area contributed by atoms with Crippen molar-refractivity contribution in [2.75, 3.05) is 44.3 Å². The molecule has 0 N–H and O–H groups in total. The van der Waals surface area contributed by atoms with Gasteiger partial charge in [0.2, 0.25) is 11.8 Å². The molecule has 176 valence electrons. The Bertz CT molecular complexity index is 1110. The lowest BCUT2D eigenvalue weighted by molar-refractivity contribution is -0.141. The lowest BCUT2D eigenvalue weighted by Gasteiger charge is -2.43. The van der Waals surface area contributed by atoms with E-state index in [0.29, 0.717) is 51.1 Å². The monoisotopic (exact) mass is 458 g/mol. The number of hydrogen-bond donors (Lipinski definition) is 0. The summed E-state index contributed by atoms with van der Waals surface area (Å²) in [5.41, 5.74) is 0.601. The first-order chi connectivity index (χ1) is 16.6.